The highest BCUT2D eigenvalue weighted by Crippen LogP contribution is 2.28. The maximum Gasteiger partial charge on any atom is 0.0682 e. The van der Waals surface area contributed by atoms with Gasteiger partial charge in [-0.1, -0.05) is 12.1 Å². The van der Waals surface area contributed by atoms with Crippen LogP contribution >= 0.6 is 39.0 Å². The molecule has 0 atom stereocenters. The number of aliphatic hydroxyl groups is 1. The average molecular weight is 315 g/mol. The molecule has 1 aromatic carbocycles. The van der Waals surface area contributed by atoms with Crippen LogP contribution in [0.1, 0.15) is 10.4 Å². The minimum absolute atomic E-state index is 0.110. The van der Waals surface area contributed by atoms with Crippen LogP contribution in [0.15, 0.2) is 45.1 Å². The molecule has 0 aliphatic heterocycles. The lowest BCUT2D eigenvalue weighted by atomic mass is 10.2. The van der Waals surface area contributed by atoms with E-state index in [1.54, 1.807) is 23.1 Å². The summed E-state index contributed by atoms with van der Waals surface area (Å²) >= 11 is 7.01. The molecule has 0 aliphatic carbocycles. The summed E-state index contributed by atoms with van der Waals surface area (Å²) in [6.07, 6.45) is 0. The van der Waals surface area contributed by atoms with E-state index in [0.717, 1.165) is 15.8 Å². The molecule has 2 aromatic rings. The second-order valence-corrected chi connectivity index (χ2v) is 6.29. The van der Waals surface area contributed by atoms with Gasteiger partial charge in [0.1, 0.15) is 0 Å². The molecule has 0 radical (unpaired) electrons. The minimum Gasteiger partial charge on any atom is -0.392 e. The third-order valence-corrected chi connectivity index (χ3v) is 5.01. The zero-order valence-electron chi connectivity index (χ0n) is 8.52. The Kier molecular flexibility index (Phi) is 4.46. The van der Waals surface area contributed by atoms with Crippen LogP contribution < -0.4 is 0 Å². The molecular weight excluding hydrogens is 304 g/mol. The van der Waals surface area contributed by atoms with Crippen molar-refractivity contribution in [3.63, 3.8) is 0 Å². The maximum absolute atomic E-state index is 9.04. The van der Waals surface area contributed by atoms with Gasteiger partial charge in [0.05, 0.1) is 6.61 Å². The molecule has 0 unspecified atom stereocenters. The Morgan fingerprint density at radius 1 is 1.31 bits per heavy atom. The summed E-state index contributed by atoms with van der Waals surface area (Å²) < 4.78 is 1.15. The van der Waals surface area contributed by atoms with Gasteiger partial charge < -0.3 is 5.11 Å². The van der Waals surface area contributed by atoms with Gasteiger partial charge in [-0.3, -0.25) is 0 Å². The Bertz CT molecular complexity index is 468. The van der Waals surface area contributed by atoms with E-state index in [1.807, 2.05) is 18.2 Å². The standard InChI is InChI=1S/C12H11BrOS2/c13-10-5-12(15-7-10)8-16-11-3-1-2-9(4-11)6-14/h1-5,7,14H,6,8H2. The number of thioether (sulfide) groups is 1. The van der Waals surface area contributed by atoms with Gasteiger partial charge in [0.2, 0.25) is 0 Å². The van der Waals surface area contributed by atoms with Gasteiger partial charge in [0.15, 0.2) is 0 Å². The maximum atomic E-state index is 9.04. The molecule has 2 rings (SSSR count). The highest BCUT2D eigenvalue weighted by Gasteiger charge is 2.00. The Balaban J connectivity index is 1.99. The van der Waals surface area contributed by atoms with E-state index in [2.05, 4.69) is 33.4 Å². The van der Waals surface area contributed by atoms with E-state index in [-0.39, 0.29) is 6.61 Å². The van der Waals surface area contributed by atoms with Crippen molar-refractivity contribution in [3.8, 4) is 0 Å². The van der Waals surface area contributed by atoms with Gasteiger partial charge in [-0.25, -0.2) is 0 Å². The van der Waals surface area contributed by atoms with E-state index < -0.39 is 0 Å². The monoisotopic (exact) mass is 314 g/mol. The molecular formula is C12H11BrOS2. The zero-order valence-corrected chi connectivity index (χ0v) is 11.7. The van der Waals surface area contributed by atoms with E-state index in [1.165, 1.54) is 9.77 Å². The van der Waals surface area contributed by atoms with E-state index in [0.29, 0.717) is 0 Å². The Hall–Kier alpha value is -0.290. The highest BCUT2D eigenvalue weighted by molar-refractivity contribution is 9.10. The van der Waals surface area contributed by atoms with Crippen LogP contribution in [0, 0.1) is 0 Å². The molecule has 84 valence electrons. The number of halogens is 1. The van der Waals surface area contributed by atoms with Crippen molar-refractivity contribution in [1.82, 2.24) is 0 Å². The summed E-state index contributed by atoms with van der Waals surface area (Å²) in [4.78, 5) is 2.56. The predicted octanol–water partition coefficient (Wildman–Crippen LogP) is 4.30. The van der Waals surface area contributed by atoms with Crippen LogP contribution in [0.25, 0.3) is 0 Å². The summed E-state index contributed by atoms with van der Waals surface area (Å²) in [6, 6.07) is 10.2. The molecule has 0 saturated heterocycles. The normalized spacial score (nSPS) is 10.6. The van der Waals surface area contributed by atoms with E-state index >= 15 is 0 Å². The van der Waals surface area contributed by atoms with Crippen LogP contribution in [0.2, 0.25) is 0 Å². The smallest absolute Gasteiger partial charge is 0.0682 e. The number of aliphatic hydroxyl groups excluding tert-OH is 1. The first-order valence-electron chi connectivity index (χ1n) is 4.83. The first-order valence-corrected chi connectivity index (χ1v) is 7.49. The van der Waals surface area contributed by atoms with Gasteiger partial charge in [-0.15, -0.1) is 23.1 Å². The third-order valence-electron chi connectivity index (χ3n) is 2.08. The number of hydrogen-bond acceptors (Lipinski definition) is 3. The van der Waals surface area contributed by atoms with Gasteiger partial charge in [0.25, 0.3) is 0 Å². The molecule has 0 spiro atoms. The van der Waals surface area contributed by atoms with Gasteiger partial charge in [-0.05, 0) is 39.7 Å². The molecule has 0 saturated carbocycles. The van der Waals surface area contributed by atoms with Crippen LogP contribution in [-0.4, -0.2) is 5.11 Å². The fourth-order valence-corrected chi connectivity index (χ4v) is 3.80. The molecule has 0 amide bonds. The molecule has 16 heavy (non-hydrogen) atoms. The molecule has 4 heteroatoms. The van der Waals surface area contributed by atoms with Crippen molar-refractivity contribution >= 4 is 39.0 Å². The fourth-order valence-electron chi connectivity index (χ4n) is 1.32. The molecule has 0 aliphatic rings. The topological polar surface area (TPSA) is 20.2 Å². The van der Waals surface area contributed by atoms with Crippen molar-refractivity contribution in [1.29, 1.82) is 0 Å². The molecule has 0 bridgehead atoms. The predicted molar refractivity (Wildman–Crippen MR) is 73.9 cm³/mol. The second kappa shape index (κ2) is 5.87. The second-order valence-electron chi connectivity index (χ2n) is 3.33. The first kappa shape index (κ1) is 12.2. The number of rotatable bonds is 4. The summed E-state index contributed by atoms with van der Waals surface area (Å²) in [5.41, 5.74) is 0.970. The summed E-state index contributed by atoms with van der Waals surface area (Å²) in [5.74, 6) is 0.977. The largest absolute Gasteiger partial charge is 0.392 e. The lowest BCUT2D eigenvalue weighted by Gasteiger charge is -2.01. The molecule has 0 fully saturated rings. The summed E-state index contributed by atoms with van der Waals surface area (Å²) in [5, 5.41) is 11.1. The van der Waals surface area contributed by atoms with Crippen molar-refractivity contribution in [2.75, 3.05) is 0 Å². The van der Waals surface area contributed by atoms with Gasteiger partial charge in [-0.2, -0.15) is 0 Å². The summed E-state index contributed by atoms with van der Waals surface area (Å²) in [6.45, 7) is 0.110. The lowest BCUT2D eigenvalue weighted by Crippen LogP contribution is -1.82. The SMILES string of the molecule is OCc1cccc(SCc2cc(Br)cs2)c1. The Morgan fingerprint density at radius 2 is 2.19 bits per heavy atom. The van der Waals surface area contributed by atoms with E-state index in [4.69, 9.17) is 5.11 Å². The number of thiophene rings is 1. The van der Waals surface area contributed by atoms with E-state index in [9.17, 15) is 0 Å². The van der Waals surface area contributed by atoms with Crippen LogP contribution in [0.3, 0.4) is 0 Å². The average Bonchev–Trinajstić information content (AvgIpc) is 2.73. The minimum atomic E-state index is 0.110. The number of hydrogen-bond donors (Lipinski definition) is 1. The van der Waals surface area contributed by atoms with Crippen LogP contribution in [0.5, 0.6) is 0 Å². The van der Waals surface area contributed by atoms with Crippen molar-refractivity contribution in [2.45, 2.75) is 17.3 Å². The number of benzene rings is 1. The quantitative estimate of drug-likeness (QED) is 0.849. The first-order chi connectivity index (χ1) is 7.78. The lowest BCUT2D eigenvalue weighted by molar-refractivity contribution is 0.281. The Morgan fingerprint density at radius 3 is 2.88 bits per heavy atom. The molecule has 1 heterocycles. The highest BCUT2D eigenvalue weighted by atomic mass is 79.9. The van der Waals surface area contributed by atoms with Crippen LogP contribution in [-0.2, 0) is 12.4 Å². The fraction of sp³-hybridized carbons (Fsp3) is 0.167. The van der Waals surface area contributed by atoms with Crippen molar-refractivity contribution < 1.29 is 5.11 Å². The zero-order chi connectivity index (χ0) is 11.4. The van der Waals surface area contributed by atoms with Crippen molar-refractivity contribution in [3.05, 3.63) is 50.6 Å². The molecule has 1 N–H and O–H groups in total. The third kappa shape index (κ3) is 3.35. The molecule has 1 aromatic heterocycles. The van der Waals surface area contributed by atoms with Crippen molar-refractivity contribution in [2.24, 2.45) is 0 Å². The van der Waals surface area contributed by atoms with Gasteiger partial charge >= 0.3 is 0 Å². The summed E-state index contributed by atoms with van der Waals surface area (Å²) in [7, 11) is 0. The van der Waals surface area contributed by atoms with Gasteiger partial charge in [0, 0.05) is 25.4 Å². The Labute approximate surface area is 112 Å². The van der Waals surface area contributed by atoms with Crippen LogP contribution in [0.4, 0.5) is 0 Å². The molecule has 1 nitrogen and oxygen atoms in total.